The summed E-state index contributed by atoms with van der Waals surface area (Å²) in [4.78, 5) is 0. The van der Waals surface area contributed by atoms with Crippen LogP contribution in [0.1, 0.15) is 18.4 Å². The maximum Gasteiger partial charge on any atom is 0.119 e. The summed E-state index contributed by atoms with van der Waals surface area (Å²) in [5.74, 6) is 1.72. The van der Waals surface area contributed by atoms with Crippen LogP contribution in [0.15, 0.2) is 67.3 Å². The smallest absolute Gasteiger partial charge is 0.119 e. The van der Waals surface area contributed by atoms with Gasteiger partial charge in [-0.3, -0.25) is 0 Å². The molecule has 0 amide bonds. The van der Waals surface area contributed by atoms with Gasteiger partial charge in [-0.15, -0.1) is 6.58 Å². The van der Waals surface area contributed by atoms with Gasteiger partial charge in [-0.1, -0.05) is 36.4 Å². The topological polar surface area (TPSA) is 27.7 Å². The molecule has 2 rings (SSSR count). The SMILES string of the molecule is C=CCCC(COc1ccccc1)OCc1ccc(OC)cc1. The summed E-state index contributed by atoms with van der Waals surface area (Å²) in [7, 11) is 1.66. The van der Waals surface area contributed by atoms with Crippen molar-refractivity contribution in [3.05, 3.63) is 72.8 Å². The first-order chi connectivity index (χ1) is 11.3. The lowest BCUT2D eigenvalue weighted by atomic mass is 10.2. The Balaban J connectivity index is 1.85. The normalized spacial score (nSPS) is 11.7. The first-order valence-electron chi connectivity index (χ1n) is 7.85. The minimum absolute atomic E-state index is 0.0373. The second kappa shape index (κ2) is 9.70. The molecule has 0 aliphatic carbocycles. The molecular formula is C20H24O3. The molecule has 0 aromatic heterocycles. The lowest BCUT2D eigenvalue weighted by molar-refractivity contribution is 0.00519. The largest absolute Gasteiger partial charge is 0.497 e. The minimum Gasteiger partial charge on any atom is -0.497 e. The van der Waals surface area contributed by atoms with Crippen LogP contribution in [0.2, 0.25) is 0 Å². The van der Waals surface area contributed by atoms with Gasteiger partial charge in [0.1, 0.15) is 18.1 Å². The van der Waals surface area contributed by atoms with Crippen molar-refractivity contribution in [2.75, 3.05) is 13.7 Å². The molecule has 0 aliphatic heterocycles. The van der Waals surface area contributed by atoms with Crippen molar-refractivity contribution in [1.29, 1.82) is 0 Å². The lowest BCUT2D eigenvalue weighted by Gasteiger charge is -2.18. The molecule has 1 atom stereocenters. The summed E-state index contributed by atoms with van der Waals surface area (Å²) < 4.78 is 17.0. The maximum atomic E-state index is 6.01. The molecular weight excluding hydrogens is 288 g/mol. The molecule has 23 heavy (non-hydrogen) atoms. The zero-order valence-electron chi connectivity index (χ0n) is 13.6. The van der Waals surface area contributed by atoms with Crippen LogP contribution in [-0.4, -0.2) is 19.8 Å². The van der Waals surface area contributed by atoms with E-state index < -0.39 is 0 Å². The lowest BCUT2D eigenvalue weighted by Crippen LogP contribution is -2.21. The van der Waals surface area contributed by atoms with Gasteiger partial charge in [-0.2, -0.15) is 0 Å². The van der Waals surface area contributed by atoms with Crippen LogP contribution in [0.5, 0.6) is 11.5 Å². The van der Waals surface area contributed by atoms with Crippen LogP contribution in [0.25, 0.3) is 0 Å². The zero-order valence-corrected chi connectivity index (χ0v) is 13.6. The fourth-order valence-electron chi connectivity index (χ4n) is 2.16. The van der Waals surface area contributed by atoms with Crippen molar-refractivity contribution < 1.29 is 14.2 Å². The Hall–Kier alpha value is -2.26. The zero-order chi connectivity index (χ0) is 16.3. The van der Waals surface area contributed by atoms with Crippen LogP contribution in [-0.2, 0) is 11.3 Å². The summed E-state index contributed by atoms with van der Waals surface area (Å²) >= 11 is 0. The fourth-order valence-corrected chi connectivity index (χ4v) is 2.16. The third kappa shape index (κ3) is 6.17. The number of hydrogen-bond acceptors (Lipinski definition) is 3. The molecule has 0 fully saturated rings. The Morgan fingerprint density at radius 1 is 1.00 bits per heavy atom. The summed E-state index contributed by atoms with van der Waals surface area (Å²) in [5.41, 5.74) is 1.12. The summed E-state index contributed by atoms with van der Waals surface area (Å²) in [6.07, 6.45) is 3.75. The second-order valence-corrected chi connectivity index (χ2v) is 5.27. The molecule has 122 valence electrons. The molecule has 0 heterocycles. The van der Waals surface area contributed by atoms with E-state index in [1.165, 1.54) is 0 Å². The predicted molar refractivity (Wildman–Crippen MR) is 92.9 cm³/mol. The number of methoxy groups -OCH3 is 1. The predicted octanol–water partition coefficient (Wildman–Crippen LogP) is 4.63. The van der Waals surface area contributed by atoms with E-state index in [1.54, 1.807) is 7.11 Å². The Labute approximate surface area is 138 Å². The molecule has 0 bridgehead atoms. The van der Waals surface area contributed by atoms with E-state index in [1.807, 2.05) is 60.7 Å². The molecule has 0 spiro atoms. The van der Waals surface area contributed by atoms with Gasteiger partial charge in [0.05, 0.1) is 19.8 Å². The average molecular weight is 312 g/mol. The van der Waals surface area contributed by atoms with E-state index in [9.17, 15) is 0 Å². The van der Waals surface area contributed by atoms with Crippen LogP contribution in [0, 0.1) is 0 Å². The summed E-state index contributed by atoms with van der Waals surface area (Å²) in [5, 5.41) is 0. The quantitative estimate of drug-likeness (QED) is 0.599. The van der Waals surface area contributed by atoms with Crippen molar-refractivity contribution in [3.63, 3.8) is 0 Å². The minimum atomic E-state index is 0.0373. The van der Waals surface area contributed by atoms with Gasteiger partial charge >= 0.3 is 0 Å². The highest BCUT2D eigenvalue weighted by molar-refractivity contribution is 5.26. The third-order valence-corrected chi connectivity index (χ3v) is 3.52. The van der Waals surface area contributed by atoms with Crippen LogP contribution < -0.4 is 9.47 Å². The Morgan fingerprint density at radius 3 is 2.39 bits per heavy atom. The van der Waals surface area contributed by atoms with Gasteiger partial charge < -0.3 is 14.2 Å². The molecule has 0 saturated carbocycles. The number of hydrogen-bond donors (Lipinski definition) is 0. The highest BCUT2D eigenvalue weighted by Crippen LogP contribution is 2.15. The molecule has 0 radical (unpaired) electrons. The van der Waals surface area contributed by atoms with Crippen molar-refractivity contribution in [1.82, 2.24) is 0 Å². The highest BCUT2D eigenvalue weighted by Gasteiger charge is 2.10. The van der Waals surface area contributed by atoms with E-state index in [0.29, 0.717) is 13.2 Å². The van der Waals surface area contributed by atoms with E-state index in [4.69, 9.17) is 14.2 Å². The maximum absolute atomic E-state index is 6.01. The monoisotopic (exact) mass is 312 g/mol. The molecule has 3 nitrogen and oxygen atoms in total. The number of rotatable bonds is 10. The van der Waals surface area contributed by atoms with Gasteiger partial charge in [0, 0.05) is 0 Å². The number of ether oxygens (including phenoxy) is 3. The molecule has 2 aromatic carbocycles. The fraction of sp³-hybridized carbons (Fsp3) is 0.300. The Kier molecular flexibility index (Phi) is 7.21. The van der Waals surface area contributed by atoms with E-state index in [-0.39, 0.29) is 6.10 Å². The standard InChI is InChI=1S/C20H24O3/c1-3-4-8-20(16-23-19-9-6-5-7-10-19)22-15-17-11-13-18(21-2)14-12-17/h3,5-7,9-14,20H,1,4,8,15-16H2,2H3. The molecule has 1 unspecified atom stereocenters. The van der Waals surface area contributed by atoms with Crippen molar-refractivity contribution >= 4 is 0 Å². The van der Waals surface area contributed by atoms with Gasteiger partial charge in [0.25, 0.3) is 0 Å². The Bertz CT molecular complexity index is 563. The second-order valence-electron chi connectivity index (χ2n) is 5.27. The van der Waals surface area contributed by atoms with Crippen molar-refractivity contribution in [3.8, 4) is 11.5 Å². The van der Waals surface area contributed by atoms with Crippen LogP contribution >= 0.6 is 0 Å². The first-order valence-corrected chi connectivity index (χ1v) is 7.85. The van der Waals surface area contributed by atoms with Crippen LogP contribution in [0.3, 0.4) is 0 Å². The first kappa shape index (κ1) is 17.1. The van der Waals surface area contributed by atoms with E-state index in [2.05, 4.69) is 6.58 Å². The summed E-state index contributed by atoms with van der Waals surface area (Å²) in [6.45, 7) is 4.87. The summed E-state index contributed by atoms with van der Waals surface area (Å²) in [6, 6.07) is 17.7. The van der Waals surface area contributed by atoms with Gasteiger partial charge in [-0.05, 0) is 42.7 Å². The van der Waals surface area contributed by atoms with Crippen molar-refractivity contribution in [2.24, 2.45) is 0 Å². The molecule has 0 aliphatic rings. The van der Waals surface area contributed by atoms with Crippen molar-refractivity contribution in [2.45, 2.75) is 25.6 Å². The average Bonchev–Trinajstić information content (AvgIpc) is 2.62. The highest BCUT2D eigenvalue weighted by atomic mass is 16.5. The third-order valence-electron chi connectivity index (χ3n) is 3.52. The number of benzene rings is 2. The molecule has 0 saturated heterocycles. The molecule has 3 heteroatoms. The Morgan fingerprint density at radius 2 is 1.74 bits per heavy atom. The van der Waals surface area contributed by atoms with E-state index >= 15 is 0 Å². The van der Waals surface area contributed by atoms with Gasteiger partial charge in [0.2, 0.25) is 0 Å². The van der Waals surface area contributed by atoms with Gasteiger partial charge in [0.15, 0.2) is 0 Å². The number of allylic oxidation sites excluding steroid dienone is 1. The molecule has 2 aromatic rings. The van der Waals surface area contributed by atoms with Gasteiger partial charge in [-0.25, -0.2) is 0 Å². The van der Waals surface area contributed by atoms with E-state index in [0.717, 1.165) is 29.9 Å². The molecule has 0 N–H and O–H groups in total. The number of para-hydroxylation sites is 1. The van der Waals surface area contributed by atoms with Crippen LogP contribution in [0.4, 0.5) is 0 Å².